The molecule has 0 radical (unpaired) electrons. The molecule has 6 heteroatoms. The summed E-state index contributed by atoms with van der Waals surface area (Å²) in [4.78, 5) is 27.7. The van der Waals surface area contributed by atoms with Gasteiger partial charge in [-0.2, -0.15) is 5.26 Å². The highest BCUT2D eigenvalue weighted by atomic mass is 16.6. The fraction of sp³-hybridized carbons (Fsp3) is 0.515. The summed E-state index contributed by atoms with van der Waals surface area (Å²) in [6, 6.07) is 10.4. The van der Waals surface area contributed by atoms with Crippen molar-refractivity contribution in [2.75, 3.05) is 0 Å². The first kappa shape index (κ1) is 25.8. The summed E-state index contributed by atoms with van der Waals surface area (Å²) in [5.41, 5.74) is 4.38. The third-order valence-electron chi connectivity index (χ3n) is 10.3. The monoisotopic (exact) mass is 523 g/mol. The number of ether oxygens (including phenoxy) is 1. The molecule has 39 heavy (non-hydrogen) atoms. The third kappa shape index (κ3) is 4.56. The van der Waals surface area contributed by atoms with E-state index < -0.39 is 0 Å². The molecule has 2 saturated carbocycles. The lowest BCUT2D eigenvalue weighted by Gasteiger charge is -2.58. The van der Waals surface area contributed by atoms with E-state index in [4.69, 9.17) is 10.00 Å². The molecular weight excluding hydrogens is 486 g/mol. The van der Waals surface area contributed by atoms with Gasteiger partial charge in [-0.05, 0) is 100.0 Å². The summed E-state index contributed by atoms with van der Waals surface area (Å²) in [5.74, 6) is 1.77. The first-order valence-electron chi connectivity index (χ1n) is 14.5. The molecule has 5 aliphatic rings. The topological polar surface area (TPSA) is 85.0 Å². The van der Waals surface area contributed by atoms with Gasteiger partial charge in [0, 0.05) is 29.6 Å². The summed E-state index contributed by atoms with van der Waals surface area (Å²) in [6.45, 7) is 4.44. The number of nitriles is 1. The number of allylic oxidation sites excluding steroid dienone is 4. The van der Waals surface area contributed by atoms with Crippen LogP contribution in [-0.2, 0) is 20.7 Å². The summed E-state index contributed by atoms with van der Waals surface area (Å²) in [7, 11) is 0. The largest absolute Gasteiger partial charge is 0.459 e. The lowest BCUT2D eigenvalue weighted by Crippen LogP contribution is -2.56. The first-order valence-corrected chi connectivity index (χ1v) is 14.5. The highest BCUT2D eigenvalue weighted by Crippen LogP contribution is 2.60. The second-order valence-electron chi connectivity index (χ2n) is 12.4. The van der Waals surface area contributed by atoms with Gasteiger partial charge in [0.2, 0.25) is 0 Å². The normalized spacial score (nSPS) is 34.5. The Kier molecular flexibility index (Phi) is 6.57. The summed E-state index contributed by atoms with van der Waals surface area (Å²) in [6.07, 6.45) is 18.8. The number of benzene rings is 1. The molecular formula is C33H37N3O3. The van der Waals surface area contributed by atoms with Gasteiger partial charge in [0.25, 0.3) is 0 Å². The van der Waals surface area contributed by atoms with Gasteiger partial charge in [-0.3, -0.25) is 9.59 Å². The number of esters is 1. The van der Waals surface area contributed by atoms with Crippen LogP contribution < -0.4 is 0 Å². The lowest BCUT2D eigenvalue weighted by atomic mass is 9.49. The van der Waals surface area contributed by atoms with E-state index in [2.05, 4.69) is 47.7 Å². The summed E-state index contributed by atoms with van der Waals surface area (Å²) >= 11 is 0. The summed E-state index contributed by atoms with van der Waals surface area (Å²) < 4.78 is 8.04. The van der Waals surface area contributed by atoms with Crippen LogP contribution in [0.5, 0.6) is 0 Å². The zero-order valence-electron chi connectivity index (χ0n) is 22.9. The molecule has 3 heterocycles. The number of fused-ring (bicyclic) bond motifs is 6. The molecule has 7 rings (SSSR count). The number of aromatic nitrogens is 2. The number of rotatable bonds is 1. The Balaban J connectivity index is 0.000000147. The van der Waals surface area contributed by atoms with Crippen molar-refractivity contribution in [2.45, 2.75) is 83.3 Å². The van der Waals surface area contributed by atoms with Gasteiger partial charge in [-0.1, -0.05) is 30.7 Å². The van der Waals surface area contributed by atoms with E-state index in [1.165, 1.54) is 23.3 Å². The Morgan fingerprint density at radius 3 is 2.64 bits per heavy atom. The van der Waals surface area contributed by atoms with Crippen LogP contribution in [-0.4, -0.2) is 26.9 Å². The number of hydrogen-bond donors (Lipinski definition) is 0. The Hall–Kier alpha value is -3.46. The second-order valence-corrected chi connectivity index (χ2v) is 12.4. The molecule has 2 aliphatic heterocycles. The van der Waals surface area contributed by atoms with E-state index >= 15 is 0 Å². The molecule has 1 aromatic carbocycles. The van der Waals surface area contributed by atoms with E-state index in [0.29, 0.717) is 30.2 Å². The van der Waals surface area contributed by atoms with Crippen molar-refractivity contribution >= 4 is 11.8 Å². The molecule has 0 spiro atoms. The fourth-order valence-corrected chi connectivity index (χ4v) is 8.24. The average Bonchev–Trinajstić information content (AvgIpc) is 3.42. The molecule has 1 aromatic heterocycles. The van der Waals surface area contributed by atoms with Crippen LogP contribution in [0.3, 0.4) is 0 Å². The van der Waals surface area contributed by atoms with Gasteiger partial charge in [0.1, 0.15) is 5.60 Å². The lowest BCUT2D eigenvalue weighted by molar-refractivity contribution is -0.192. The Labute approximate surface area is 230 Å². The van der Waals surface area contributed by atoms with Gasteiger partial charge < -0.3 is 9.30 Å². The highest BCUT2D eigenvalue weighted by Gasteiger charge is 2.56. The molecule has 6 atom stereocenters. The van der Waals surface area contributed by atoms with Crippen LogP contribution in [0.25, 0.3) is 0 Å². The van der Waals surface area contributed by atoms with E-state index in [9.17, 15) is 9.59 Å². The number of imidazole rings is 1. The quantitative estimate of drug-likeness (QED) is 0.411. The van der Waals surface area contributed by atoms with E-state index in [0.717, 1.165) is 50.5 Å². The smallest absolute Gasteiger partial charge is 0.306 e. The number of carbonyl (C=O) groups is 2. The molecule has 202 valence electrons. The third-order valence-corrected chi connectivity index (χ3v) is 10.3. The number of hydrogen-bond acceptors (Lipinski definition) is 5. The SMILES string of the molecule is C[C@]12C=CC(=O)C=C1CC[C@@H]1[C@@H]2CC[C@]2(C)OC(=O)CC[C@@H]12.N#Cc1ccc(C2CCCc3cncn32)cc1. The maximum absolute atomic E-state index is 11.7. The van der Waals surface area contributed by atoms with E-state index in [1.54, 1.807) is 6.08 Å². The highest BCUT2D eigenvalue weighted by molar-refractivity contribution is 6.01. The number of ketones is 1. The number of aryl methyl sites for hydroxylation is 1. The van der Waals surface area contributed by atoms with Crippen molar-refractivity contribution in [1.82, 2.24) is 9.55 Å². The van der Waals surface area contributed by atoms with E-state index in [-0.39, 0.29) is 22.8 Å². The zero-order chi connectivity index (χ0) is 27.2. The van der Waals surface area contributed by atoms with Crippen LogP contribution in [0, 0.1) is 34.5 Å². The van der Waals surface area contributed by atoms with Crippen molar-refractivity contribution < 1.29 is 14.3 Å². The molecule has 2 aromatic rings. The molecule has 6 nitrogen and oxygen atoms in total. The van der Waals surface area contributed by atoms with Crippen molar-refractivity contribution in [2.24, 2.45) is 23.2 Å². The first-order chi connectivity index (χ1) is 18.8. The minimum absolute atomic E-state index is 0.0250. The number of nitrogens with zero attached hydrogens (tertiary/aromatic N) is 3. The van der Waals surface area contributed by atoms with Gasteiger partial charge in [-0.25, -0.2) is 4.98 Å². The molecule has 3 fully saturated rings. The van der Waals surface area contributed by atoms with Crippen LogP contribution in [0.1, 0.15) is 88.1 Å². The van der Waals surface area contributed by atoms with Crippen LogP contribution in [0.15, 0.2) is 60.6 Å². The Morgan fingerprint density at radius 2 is 1.85 bits per heavy atom. The maximum atomic E-state index is 11.7. The molecule has 0 amide bonds. The molecule has 1 unspecified atom stereocenters. The maximum Gasteiger partial charge on any atom is 0.306 e. The van der Waals surface area contributed by atoms with Gasteiger partial charge >= 0.3 is 5.97 Å². The summed E-state index contributed by atoms with van der Waals surface area (Å²) in [5, 5.41) is 8.80. The number of carbonyl (C=O) groups excluding carboxylic acids is 2. The van der Waals surface area contributed by atoms with E-state index in [1.807, 2.05) is 30.7 Å². The van der Waals surface area contributed by atoms with Crippen LogP contribution >= 0.6 is 0 Å². The van der Waals surface area contributed by atoms with Crippen molar-refractivity contribution in [1.29, 1.82) is 5.26 Å². The molecule has 0 bridgehead atoms. The second kappa shape index (κ2) is 9.93. The van der Waals surface area contributed by atoms with Crippen molar-refractivity contribution in [3.8, 4) is 6.07 Å². The predicted molar refractivity (Wildman–Crippen MR) is 147 cm³/mol. The van der Waals surface area contributed by atoms with Gasteiger partial charge in [-0.15, -0.1) is 0 Å². The minimum atomic E-state index is -0.262. The minimum Gasteiger partial charge on any atom is -0.459 e. The fourth-order valence-electron chi connectivity index (χ4n) is 8.24. The van der Waals surface area contributed by atoms with Crippen molar-refractivity contribution in [3.63, 3.8) is 0 Å². The Morgan fingerprint density at radius 1 is 1.03 bits per heavy atom. The molecule has 3 aliphatic carbocycles. The average molecular weight is 524 g/mol. The van der Waals surface area contributed by atoms with Crippen molar-refractivity contribution in [3.05, 3.63) is 77.4 Å². The predicted octanol–water partition coefficient (Wildman–Crippen LogP) is 6.27. The molecule has 1 saturated heterocycles. The zero-order valence-corrected chi connectivity index (χ0v) is 22.9. The standard InChI is InChI=1S/C19H24O3.C14H13N3/c1-18-9-7-13(20)11-12(18)3-4-14-15(18)8-10-19(2)16(14)5-6-17(21)22-19;15-8-11-4-6-12(7-5-11)14-3-1-2-13-9-16-10-17(13)14/h7,9,11,14-16H,3-6,8,10H2,1-2H3;4-7,9-10,14H,1-3H2/t14-,15+,16+,18+,19+;/m1./s1. The van der Waals surface area contributed by atoms with Gasteiger partial charge in [0.15, 0.2) is 5.78 Å². The van der Waals surface area contributed by atoms with Crippen LogP contribution in [0.4, 0.5) is 0 Å². The van der Waals surface area contributed by atoms with Gasteiger partial charge in [0.05, 0.1) is 24.0 Å². The Bertz CT molecular complexity index is 1380. The van der Waals surface area contributed by atoms with Crippen LogP contribution in [0.2, 0.25) is 0 Å². The molecule has 0 N–H and O–H groups in total.